The Balaban J connectivity index is 2.24. The molecule has 0 saturated heterocycles. The molecule has 49 heavy (non-hydrogen) atoms. The molecule has 0 aromatic heterocycles. The van der Waals surface area contributed by atoms with Crippen LogP contribution in [0.25, 0.3) is 0 Å². The van der Waals surface area contributed by atoms with Crippen molar-refractivity contribution < 1.29 is 61.2 Å². The Bertz CT molecular complexity index is 1090. The van der Waals surface area contributed by atoms with Crippen LogP contribution in [0.1, 0.15) is 79.1 Å². The molecule has 1 saturated carbocycles. The first kappa shape index (κ1) is 43.1. The number of halogens is 2. The largest absolute Gasteiger partial charge is 0.460 e. The fourth-order valence-electron chi connectivity index (χ4n) is 5.54. The number of nitrogens with one attached hydrogen (secondary N) is 4. The number of hydrogen-bond acceptors (Lipinski definition) is 11. The summed E-state index contributed by atoms with van der Waals surface area (Å²) in [5, 5.41) is 10.1. The summed E-state index contributed by atoms with van der Waals surface area (Å²) in [4.78, 5) is 58.5. The van der Waals surface area contributed by atoms with Gasteiger partial charge in [-0.1, -0.05) is 46.6 Å². The molecule has 0 spiro atoms. The molecule has 1 fully saturated rings. The molecule has 17 heteroatoms. The molecular formula is C32H54F2N4O11. The lowest BCUT2D eigenvalue weighted by Crippen LogP contribution is -2.50. The van der Waals surface area contributed by atoms with Crippen LogP contribution in [-0.4, -0.2) is 102 Å². The highest BCUT2D eigenvalue weighted by Crippen LogP contribution is 2.45. The number of carbonyl (C=O) groups is 5. The minimum absolute atomic E-state index is 0.0298. The van der Waals surface area contributed by atoms with Crippen LogP contribution in [0.3, 0.4) is 0 Å². The second-order valence-corrected chi connectivity index (χ2v) is 13.1. The number of amides is 4. The van der Waals surface area contributed by atoms with Crippen molar-refractivity contribution in [1.82, 2.24) is 21.3 Å². The normalized spacial score (nSPS) is 18.3. The number of unbranched alkanes of at least 4 members (excludes halogenated alkanes) is 4. The first-order valence-electron chi connectivity index (χ1n) is 16.4. The monoisotopic (exact) mass is 708 g/mol. The molecule has 0 bridgehead atoms. The second kappa shape index (κ2) is 22.0. The summed E-state index contributed by atoms with van der Waals surface area (Å²) in [5.41, 5.74) is -0.345. The molecular weight excluding hydrogens is 654 g/mol. The Kier molecular flexibility index (Phi) is 19.3. The van der Waals surface area contributed by atoms with E-state index in [1.54, 1.807) is 0 Å². The molecule has 1 aliphatic rings. The summed E-state index contributed by atoms with van der Waals surface area (Å²) in [5.74, 6) is -0.518. The molecule has 0 aromatic carbocycles. The van der Waals surface area contributed by atoms with E-state index in [-0.39, 0.29) is 43.4 Å². The summed E-state index contributed by atoms with van der Waals surface area (Å²) in [6.07, 6.45) is -1.02. The molecule has 2 unspecified atom stereocenters. The van der Waals surface area contributed by atoms with Crippen LogP contribution in [0.15, 0.2) is 12.2 Å². The van der Waals surface area contributed by atoms with Gasteiger partial charge in [0.25, 0.3) is 0 Å². The maximum absolute atomic E-state index is 13.9. The smallest absolute Gasteiger partial charge is 0.407 e. The standard InChI is InChI=1S/C32H54F2N4O11/c1-23(2)25(39)44-15-12-36-27(41)45-13-10-8-7-9-11-14-46-28(42)37-21-31(5)19-24(18-30(3,4)20-31)38-29(43)48-22-32(33,34)49-17-16-47-26(40)35-6/h24H,1,7-22H2,2-6H3,(H,35,40)(H,36,41)(H,37,42)(H,38,43). The average Bonchev–Trinajstić information content (AvgIpc) is 3.01. The van der Waals surface area contributed by atoms with E-state index in [1.165, 1.54) is 14.0 Å². The zero-order valence-electron chi connectivity index (χ0n) is 29.3. The van der Waals surface area contributed by atoms with Gasteiger partial charge in [0.1, 0.15) is 13.2 Å². The topological polar surface area (TPSA) is 189 Å². The Morgan fingerprint density at radius 2 is 1.35 bits per heavy atom. The highest BCUT2D eigenvalue weighted by Gasteiger charge is 2.42. The zero-order valence-corrected chi connectivity index (χ0v) is 29.3. The number of alkyl halides is 2. The summed E-state index contributed by atoms with van der Waals surface area (Å²) in [7, 11) is 1.32. The minimum atomic E-state index is -3.77. The summed E-state index contributed by atoms with van der Waals surface area (Å²) in [6, 6.07) is -0.382. The number of carbonyl (C=O) groups excluding carboxylic acids is 5. The molecule has 0 aliphatic heterocycles. The van der Waals surface area contributed by atoms with Crippen LogP contribution in [-0.2, 0) is 33.2 Å². The van der Waals surface area contributed by atoms with E-state index in [9.17, 15) is 32.8 Å². The van der Waals surface area contributed by atoms with Crippen molar-refractivity contribution >= 4 is 30.3 Å². The minimum Gasteiger partial charge on any atom is -0.460 e. The summed E-state index contributed by atoms with van der Waals surface area (Å²) in [6.45, 7) is 9.69. The van der Waals surface area contributed by atoms with E-state index < -0.39 is 61.7 Å². The molecule has 2 atom stereocenters. The zero-order chi connectivity index (χ0) is 36.9. The SMILES string of the molecule is C=C(C)C(=O)OCCNC(=O)OCCCCCCCOC(=O)NCC1(C)CC(NC(=O)OCC(F)(F)OCCOC(=O)NC)CC(C)(C)C1. The van der Waals surface area contributed by atoms with Gasteiger partial charge in [-0.15, -0.1) is 0 Å². The summed E-state index contributed by atoms with van der Waals surface area (Å²) < 4.78 is 56.7. The molecule has 0 heterocycles. The van der Waals surface area contributed by atoms with Crippen LogP contribution in [0, 0.1) is 10.8 Å². The Morgan fingerprint density at radius 1 is 0.755 bits per heavy atom. The highest BCUT2D eigenvalue weighted by atomic mass is 19.3. The van der Waals surface area contributed by atoms with E-state index in [4.69, 9.17) is 18.9 Å². The van der Waals surface area contributed by atoms with E-state index in [0.717, 1.165) is 25.7 Å². The van der Waals surface area contributed by atoms with Gasteiger partial charge in [-0.2, -0.15) is 8.78 Å². The molecule has 1 aliphatic carbocycles. The van der Waals surface area contributed by atoms with Gasteiger partial charge in [-0.05, 0) is 49.9 Å². The maximum atomic E-state index is 13.9. The third-order valence-corrected chi connectivity index (χ3v) is 7.34. The third kappa shape index (κ3) is 20.9. The molecule has 1 rings (SSSR count). The van der Waals surface area contributed by atoms with Crippen molar-refractivity contribution in [1.29, 1.82) is 0 Å². The predicted molar refractivity (Wildman–Crippen MR) is 173 cm³/mol. The second-order valence-electron chi connectivity index (χ2n) is 13.1. The average molecular weight is 709 g/mol. The molecule has 0 aromatic rings. The van der Waals surface area contributed by atoms with Crippen molar-refractivity contribution in [2.24, 2.45) is 10.8 Å². The number of hydrogen-bond donors (Lipinski definition) is 4. The Morgan fingerprint density at radius 3 is 1.96 bits per heavy atom. The fraction of sp³-hybridized carbons (Fsp3) is 0.781. The van der Waals surface area contributed by atoms with Crippen molar-refractivity contribution in [3.05, 3.63) is 12.2 Å². The molecule has 0 radical (unpaired) electrons. The predicted octanol–water partition coefficient (Wildman–Crippen LogP) is 4.79. The van der Waals surface area contributed by atoms with E-state index in [2.05, 4.69) is 37.3 Å². The maximum Gasteiger partial charge on any atom is 0.407 e. The molecule has 4 amide bonds. The number of rotatable bonds is 21. The van der Waals surface area contributed by atoms with Crippen LogP contribution in [0.4, 0.5) is 28.0 Å². The lowest BCUT2D eigenvalue weighted by Gasteiger charge is -2.46. The van der Waals surface area contributed by atoms with Crippen LogP contribution < -0.4 is 21.3 Å². The summed E-state index contributed by atoms with van der Waals surface area (Å²) >= 11 is 0. The van der Waals surface area contributed by atoms with Gasteiger partial charge in [0.15, 0.2) is 6.61 Å². The Labute approximate surface area is 286 Å². The number of alkyl carbamates (subject to hydrolysis) is 4. The van der Waals surface area contributed by atoms with E-state index in [0.29, 0.717) is 32.2 Å². The lowest BCUT2D eigenvalue weighted by molar-refractivity contribution is -0.259. The van der Waals surface area contributed by atoms with Gasteiger partial charge in [-0.3, -0.25) is 0 Å². The van der Waals surface area contributed by atoms with Gasteiger partial charge in [0.2, 0.25) is 0 Å². The van der Waals surface area contributed by atoms with E-state index >= 15 is 0 Å². The van der Waals surface area contributed by atoms with Gasteiger partial charge in [0, 0.05) is 25.2 Å². The third-order valence-electron chi connectivity index (χ3n) is 7.34. The van der Waals surface area contributed by atoms with Gasteiger partial charge in [0.05, 0.1) is 26.4 Å². The first-order valence-corrected chi connectivity index (χ1v) is 16.4. The highest BCUT2D eigenvalue weighted by molar-refractivity contribution is 5.86. The molecule has 15 nitrogen and oxygen atoms in total. The molecule has 282 valence electrons. The quantitative estimate of drug-likeness (QED) is 0.0556. The van der Waals surface area contributed by atoms with Gasteiger partial charge < -0.3 is 49.7 Å². The Hall–Kier alpha value is -3.89. The molecule has 4 N–H and O–H groups in total. The van der Waals surface area contributed by atoms with Gasteiger partial charge >= 0.3 is 36.5 Å². The van der Waals surface area contributed by atoms with Crippen LogP contribution in [0.5, 0.6) is 0 Å². The van der Waals surface area contributed by atoms with Crippen molar-refractivity contribution in [3.8, 4) is 0 Å². The van der Waals surface area contributed by atoms with Crippen molar-refractivity contribution in [3.63, 3.8) is 0 Å². The van der Waals surface area contributed by atoms with E-state index in [1.807, 2.05) is 20.8 Å². The first-order chi connectivity index (χ1) is 23.0. The fourth-order valence-corrected chi connectivity index (χ4v) is 5.54. The lowest BCUT2D eigenvalue weighted by atomic mass is 9.62. The number of esters is 1. The van der Waals surface area contributed by atoms with Crippen molar-refractivity contribution in [2.75, 3.05) is 59.8 Å². The van der Waals surface area contributed by atoms with Gasteiger partial charge in [-0.25, -0.2) is 24.0 Å². The number of ether oxygens (including phenoxy) is 6. The van der Waals surface area contributed by atoms with Crippen LogP contribution in [0.2, 0.25) is 0 Å². The van der Waals surface area contributed by atoms with Crippen LogP contribution >= 0.6 is 0 Å². The van der Waals surface area contributed by atoms with Crippen molar-refractivity contribution in [2.45, 2.75) is 91.2 Å².